The van der Waals surface area contributed by atoms with Gasteiger partial charge < -0.3 is 9.72 Å². The Morgan fingerprint density at radius 1 is 1.44 bits per heavy atom. The molecule has 1 N–H and O–H groups in total. The van der Waals surface area contributed by atoms with Gasteiger partial charge in [0.15, 0.2) is 0 Å². The molecular weight excluding hydrogens is 204 g/mol. The van der Waals surface area contributed by atoms with Gasteiger partial charge in [0.2, 0.25) is 0 Å². The minimum absolute atomic E-state index is 0.306. The van der Waals surface area contributed by atoms with E-state index in [1.54, 1.807) is 31.6 Å². The molecule has 4 heteroatoms. The van der Waals surface area contributed by atoms with Crippen molar-refractivity contribution in [2.45, 2.75) is 6.92 Å². The highest BCUT2D eigenvalue weighted by Gasteiger charge is 2.09. The van der Waals surface area contributed by atoms with Crippen molar-refractivity contribution in [3.8, 4) is 11.3 Å². The van der Waals surface area contributed by atoms with Crippen LogP contribution < -0.4 is 0 Å². The Morgan fingerprint density at radius 3 is 2.88 bits per heavy atom. The Hall–Kier alpha value is -2.10. The average Bonchev–Trinajstić information content (AvgIpc) is 2.80. The van der Waals surface area contributed by atoms with Gasteiger partial charge in [-0.2, -0.15) is 0 Å². The minimum Gasteiger partial charge on any atom is -0.462 e. The summed E-state index contributed by atoms with van der Waals surface area (Å²) in [7, 11) is 0. The lowest BCUT2D eigenvalue weighted by Gasteiger charge is -1.97. The van der Waals surface area contributed by atoms with E-state index in [9.17, 15) is 4.79 Å². The number of carbonyl (C=O) groups is 1. The molecule has 2 rings (SSSR count). The Labute approximate surface area is 93.3 Å². The van der Waals surface area contributed by atoms with Crippen molar-refractivity contribution < 1.29 is 9.53 Å². The van der Waals surface area contributed by atoms with E-state index in [-0.39, 0.29) is 5.97 Å². The van der Waals surface area contributed by atoms with Gasteiger partial charge in [-0.05, 0) is 25.1 Å². The maximum Gasteiger partial charge on any atom is 0.339 e. The number of esters is 1. The second kappa shape index (κ2) is 4.61. The smallest absolute Gasteiger partial charge is 0.339 e. The molecular formula is C12H12N2O2. The molecule has 16 heavy (non-hydrogen) atoms. The fourth-order valence-corrected chi connectivity index (χ4v) is 1.42. The number of nitrogens with one attached hydrogen (secondary N) is 1. The Bertz CT molecular complexity index is 477. The van der Waals surface area contributed by atoms with Crippen molar-refractivity contribution in [2.75, 3.05) is 6.61 Å². The van der Waals surface area contributed by atoms with Crippen LogP contribution in [0.5, 0.6) is 0 Å². The number of hydrogen-bond acceptors (Lipinski definition) is 3. The molecule has 0 saturated heterocycles. The van der Waals surface area contributed by atoms with Gasteiger partial charge in [0, 0.05) is 29.8 Å². The SMILES string of the molecule is CCOC(=O)c1c[nH]c(-c2ccncc2)c1. The molecule has 0 spiro atoms. The molecule has 82 valence electrons. The van der Waals surface area contributed by atoms with Crippen molar-refractivity contribution in [3.05, 3.63) is 42.4 Å². The second-order valence-corrected chi connectivity index (χ2v) is 3.26. The van der Waals surface area contributed by atoms with Gasteiger partial charge >= 0.3 is 5.97 Å². The summed E-state index contributed by atoms with van der Waals surface area (Å²) in [6, 6.07) is 5.52. The molecule has 0 atom stereocenters. The Balaban J connectivity index is 2.23. The maximum atomic E-state index is 11.4. The number of carbonyl (C=O) groups excluding carboxylic acids is 1. The fourth-order valence-electron chi connectivity index (χ4n) is 1.42. The number of nitrogens with zero attached hydrogens (tertiary/aromatic N) is 1. The summed E-state index contributed by atoms with van der Waals surface area (Å²) in [5.74, 6) is -0.306. The van der Waals surface area contributed by atoms with E-state index < -0.39 is 0 Å². The largest absolute Gasteiger partial charge is 0.462 e. The quantitative estimate of drug-likeness (QED) is 0.800. The topological polar surface area (TPSA) is 55.0 Å². The van der Waals surface area contributed by atoms with E-state index >= 15 is 0 Å². The van der Waals surface area contributed by atoms with E-state index in [4.69, 9.17) is 4.74 Å². The van der Waals surface area contributed by atoms with Gasteiger partial charge in [-0.1, -0.05) is 0 Å². The first-order valence-corrected chi connectivity index (χ1v) is 5.07. The van der Waals surface area contributed by atoms with Crippen LogP contribution in [0, 0.1) is 0 Å². The molecule has 0 aliphatic rings. The molecule has 0 aliphatic heterocycles. The monoisotopic (exact) mass is 216 g/mol. The zero-order valence-electron chi connectivity index (χ0n) is 8.93. The highest BCUT2D eigenvalue weighted by atomic mass is 16.5. The van der Waals surface area contributed by atoms with Gasteiger partial charge in [-0.3, -0.25) is 4.98 Å². The zero-order chi connectivity index (χ0) is 11.4. The summed E-state index contributed by atoms with van der Waals surface area (Å²) >= 11 is 0. The normalized spacial score (nSPS) is 10.1. The van der Waals surface area contributed by atoms with Gasteiger partial charge in [0.1, 0.15) is 0 Å². The second-order valence-electron chi connectivity index (χ2n) is 3.26. The maximum absolute atomic E-state index is 11.4. The molecule has 2 aromatic heterocycles. The van der Waals surface area contributed by atoms with E-state index in [1.165, 1.54) is 0 Å². The first-order valence-electron chi connectivity index (χ1n) is 5.07. The van der Waals surface area contributed by atoms with E-state index in [2.05, 4.69) is 9.97 Å². The number of H-pyrrole nitrogens is 1. The third kappa shape index (κ3) is 2.11. The van der Waals surface area contributed by atoms with Gasteiger partial charge in [-0.25, -0.2) is 4.79 Å². The van der Waals surface area contributed by atoms with Crippen LogP contribution in [0.25, 0.3) is 11.3 Å². The fraction of sp³-hybridized carbons (Fsp3) is 0.167. The summed E-state index contributed by atoms with van der Waals surface area (Å²) in [6.45, 7) is 2.17. The van der Waals surface area contributed by atoms with Crippen LogP contribution in [0.4, 0.5) is 0 Å². The molecule has 0 bridgehead atoms. The number of hydrogen-bond donors (Lipinski definition) is 1. The van der Waals surface area contributed by atoms with Crippen LogP contribution in [0.2, 0.25) is 0 Å². The molecule has 0 aliphatic carbocycles. The van der Waals surface area contributed by atoms with Crippen molar-refractivity contribution in [1.29, 1.82) is 0 Å². The summed E-state index contributed by atoms with van der Waals surface area (Å²) in [5.41, 5.74) is 2.41. The third-order valence-electron chi connectivity index (χ3n) is 2.19. The van der Waals surface area contributed by atoms with E-state index in [0.717, 1.165) is 11.3 Å². The highest BCUT2D eigenvalue weighted by molar-refractivity contribution is 5.90. The van der Waals surface area contributed by atoms with Gasteiger partial charge in [-0.15, -0.1) is 0 Å². The average molecular weight is 216 g/mol. The molecule has 0 fully saturated rings. The van der Waals surface area contributed by atoms with Crippen molar-refractivity contribution in [3.63, 3.8) is 0 Å². The van der Waals surface area contributed by atoms with E-state index in [1.807, 2.05) is 12.1 Å². The number of rotatable bonds is 3. The number of pyridine rings is 1. The molecule has 0 unspecified atom stereocenters. The first kappa shape index (κ1) is 10.4. The summed E-state index contributed by atoms with van der Waals surface area (Å²) in [6.07, 6.45) is 5.06. The van der Waals surface area contributed by atoms with E-state index in [0.29, 0.717) is 12.2 Å². The van der Waals surface area contributed by atoms with Crippen LogP contribution in [0.15, 0.2) is 36.8 Å². The van der Waals surface area contributed by atoms with Crippen LogP contribution in [0.3, 0.4) is 0 Å². The lowest BCUT2D eigenvalue weighted by Crippen LogP contribution is -2.02. The molecule has 0 radical (unpaired) electrons. The zero-order valence-corrected chi connectivity index (χ0v) is 8.93. The van der Waals surface area contributed by atoms with Crippen molar-refractivity contribution >= 4 is 5.97 Å². The minimum atomic E-state index is -0.306. The highest BCUT2D eigenvalue weighted by Crippen LogP contribution is 2.18. The lowest BCUT2D eigenvalue weighted by atomic mass is 10.2. The number of aromatic nitrogens is 2. The van der Waals surface area contributed by atoms with Gasteiger partial charge in [0.05, 0.1) is 12.2 Å². The molecule has 0 saturated carbocycles. The lowest BCUT2D eigenvalue weighted by molar-refractivity contribution is 0.0526. The molecule has 2 heterocycles. The summed E-state index contributed by atoms with van der Waals surface area (Å²) < 4.78 is 4.91. The van der Waals surface area contributed by atoms with Crippen molar-refractivity contribution in [2.24, 2.45) is 0 Å². The standard InChI is InChI=1S/C12H12N2O2/c1-2-16-12(15)10-7-11(14-8-10)9-3-5-13-6-4-9/h3-8,14H,2H2,1H3. The van der Waals surface area contributed by atoms with Crippen LogP contribution in [-0.4, -0.2) is 22.5 Å². The Morgan fingerprint density at radius 2 is 2.19 bits per heavy atom. The summed E-state index contributed by atoms with van der Waals surface area (Å²) in [5, 5.41) is 0. The predicted molar refractivity (Wildman–Crippen MR) is 60.0 cm³/mol. The first-order chi connectivity index (χ1) is 7.81. The number of ether oxygens (including phenoxy) is 1. The number of aromatic amines is 1. The molecule has 4 nitrogen and oxygen atoms in total. The Kier molecular flexibility index (Phi) is 3.00. The molecule has 2 aromatic rings. The predicted octanol–water partition coefficient (Wildman–Crippen LogP) is 2.25. The molecule has 0 aromatic carbocycles. The van der Waals surface area contributed by atoms with Gasteiger partial charge in [0.25, 0.3) is 0 Å². The third-order valence-corrected chi connectivity index (χ3v) is 2.19. The summed E-state index contributed by atoms with van der Waals surface area (Å²) in [4.78, 5) is 18.4. The van der Waals surface area contributed by atoms with Crippen LogP contribution in [0.1, 0.15) is 17.3 Å². The van der Waals surface area contributed by atoms with Crippen molar-refractivity contribution in [1.82, 2.24) is 9.97 Å². The van der Waals surface area contributed by atoms with Crippen LogP contribution >= 0.6 is 0 Å². The van der Waals surface area contributed by atoms with Crippen LogP contribution in [-0.2, 0) is 4.74 Å². The molecule has 0 amide bonds.